The van der Waals surface area contributed by atoms with Gasteiger partial charge in [0, 0.05) is 39.1 Å². The van der Waals surface area contributed by atoms with Crippen LogP contribution in [0.4, 0.5) is 14.5 Å². The van der Waals surface area contributed by atoms with Crippen LogP contribution < -0.4 is 21.8 Å². The monoisotopic (exact) mass is 479 g/mol. The summed E-state index contributed by atoms with van der Waals surface area (Å²) in [7, 11) is 3.69. The Morgan fingerprint density at radius 1 is 1.38 bits per heavy atom. The van der Waals surface area contributed by atoms with Crippen LogP contribution in [0.15, 0.2) is 17.8 Å². The van der Waals surface area contributed by atoms with Crippen molar-refractivity contribution in [1.82, 2.24) is 20.2 Å². The number of anilines is 1. The highest BCUT2D eigenvalue weighted by Gasteiger charge is 2.36. The summed E-state index contributed by atoms with van der Waals surface area (Å²) in [5, 5.41) is 4.41. The number of halogens is 2. The largest absolute Gasteiger partial charge is 0.395 e. The highest BCUT2D eigenvalue weighted by atomic mass is 19.3. The normalized spacial score (nSPS) is 19.6. The average Bonchev–Trinajstić information content (AvgIpc) is 3.59. The Morgan fingerprint density at radius 3 is 2.71 bits per heavy atom. The number of hydrogen-bond donors (Lipinski definition) is 3. The van der Waals surface area contributed by atoms with Gasteiger partial charge < -0.3 is 21.0 Å². The van der Waals surface area contributed by atoms with Crippen LogP contribution in [0.25, 0.3) is 5.70 Å². The molecule has 10 heteroatoms. The predicted molar refractivity (Wildman–Crippen MR) is 131 cm³/mol. The van der Waals surface area contributed by atoms with Crippen LogP contribution in [0.2, 0.25) is 0 Å². The molecule has 2 heterocycles. The molecule has 2 aliphatic rings. The van der Waals surface area contributed by atoms with Crippen LogP contribution in [-0.2, 0) is 11.2 Å². The van der Waals surface area contributed by atoms with E-state index in [1.54, 1.807) is 18.0 Å². The third-order valence-corrected chi connectivity index (χ3v) is 6.60. The number of rotatable bonds is 12. The maximum Gasteiger partial charge on any atom is 0.265 e. The van der Waals surface area contributed by atoms with Crippen LogP contribution in [-0.4, -0.2) is 73.5 Å². The van der Waals surface area contributed by atoms with E-state index in [0.29, 0.717) is 55.5 Å². The number of aryl methyl sites for hydroxylation is 1. The lowest BCUT2D eigenvalue weighted by Gasteiger charge is -2.35. The quantitative estimate of drug-likeness (QED) is 0.240. The maximum atomic E-state index is 14.0. The van der Waals surface area contributed by atoms with E-state index in [2.05, 4.69) is 10.2 Å². The number of likely N-dealkylation sites (N-methyl/N-ethyl adjacent to an activating group) is 2. The summed E-state index contributed by atoms with van der Waals surface area (Å²) < 4.78 is 27.9. The molecule has 0 bridgehead atoms. The average molecular weight is 480 g/mol. The van der Waals surface area contributed by atoms with E-state index < -0.39 is 5.92 Å². The van der Waals surface area contributed by atoms with Gasteiger partial charge in [-0.1, -0.05) is 19.8 Å². The highest BCUT2D eigenvalue weighted by molar-refractivity contribution is 5.65. The minimum Gasteiger partial charge on any atom is -0.395 e. The van der Waals surface area contributed by atoms with Gasteiger partial charge in [-0.15, -0.1) is 0 Å². The number of nitrogens with one attached hydrogen (secondary N) is 1. The number of nitrogens with two attached hydrogens (primary N) is 2. The third-order valence-electron chi connectivity index (χ3n) is 6.60. The van der Waals surface area contributed by atoms with Gasteiger partial charge in [0.2, 0.25) is 6.41 Å². The van der Waals surface area contributed by atoms with Gasteiger partial charge in [-0.05, 0) is 44.4 Å². The molecular formula is C24H39F2N7O. The molecule has 3 rings (SSSR count). The Labute approximate surface area is 201 Å². The molecule has 1 saturated carbocycles. The summed E-state index contributed by atoms with van der Waals surface area (Å²) in [6, 6.07) is 3.70. The van der Waals surface area contributed by atoms with Gasteiger partial charge in [0.25, 0.3) is 5.92 Å². The molecule has 1 aliphatic heterocycles. The number of alkyl halides is 2. The van der Waals surface area contributed by atoms with Gasteiger partial charge in [0.1, 0.15) is 0 Å². The molecule has 34 heavy (non-hydrogen) atoms. The standard InChI is InChI=1S/C24H39F2N7O/c1-4-19-21(33-11-5-10-24(25,26)15-33)9-8-20(30-19)23(27)22(32(3)28)14-31(2)13-18(29-16-34)12-17-6-7-17/h8-9,16-18H,4-7,10-15,27-28H2,1-3H3,(H,29,34)/b23-22-. The van der Waals surface area contributed by atoms with E-state index in [1.165, 1.54) is 17.9 Å². The summed E-state index contributed by atoms with van der Waals surface area (Å²) in [5.74, 6) is 4.14. The summed E-state index contributed by atoms with van der Waals surface area (Å²) in [6.45, 7) is 3.42. The van der Waals surface area contributed by atoms with Crippen LogP contribution in [0.5, 0.6) is 0 Å². The molecule has 1 aromatic heterocycles. The van der Waals surface area contributed by atoms with Gasteiger partial charge in [-0.25, -0.2) is 19.6 Å². The van der Waals surface area contributed by atoms with Crippen molar-refractivity contribution in [2.45, 2.75) is 57.4 Å². The van der Waals surface area contributed by atoms with E-state index >= 15 is 0 Å². The first-order chi connectivity index (χ1) is 16.1. The lowest BCUT2D eigenvalue weighted by atomic mass is 10.0. The summed E-state index contributed by atoms with van der Waals surface area (Å²) in [4.78, 5) is 19.6. The second-order valence-corrected chi connectivity index (χ2v) is 9.73. The van der Waals surface area contributed by atoms with Crippen LogP contribution in [0, 0.1) is 5.92 Å². The summed E-state index contributed by atoms with van der Waals surface area (Å²) in [5.41, 5.74) is 9.73. The number of piperidine rings is 1. The SMILES string of the molecule is CCc1nc(/C(N)=C(\CN(C)CC(CC2CC2)NC=O)N(C)N)ccc1N1CCCC(F)(F)C1. The predicted octanol–water partition coefficient (Wildman–Crippen LogP) is 2.16. The molecule has 1 atom stereocenters. The number of carbonyl (C=O) groups is 1. The van der Waals surface area contributed by atoms with Gasteiger partial charge in [0.15, 0.2) is 0 Å². The fraction of sp³-hybridized carbons (Fsp3) is 0.667. The van der Waals surface area contributed by atoms with Crippen molar-refractivity contribution < 1.29 is 13.6 Å². The minimum atomic E-state index is -2.68. The van der Waals surface area contributed by atoms with E-state index in [9.17, 15) is 13.6 Å². The van der Waals surface area contributed by atoms with E-state index in [1.807, 2.05) is 20.0 Å². The van der Waals surface area contributed by atoms with Crippen molar-refractivity contribution in [2.75, 3.05) is 45.2 Å². The molecule has 1 aliphatic carbocycles. The minimum absolute atomic E-state index is 0.0737. The molecule has 190 valence electrons. The van der Waals surface area contributed by atoms with E-state index in [0.717, 1.165) is 24.2 Å². The molecule has 0 aromatic carbocycles. The Morgan fingerprint density at radius 2 is 2.12 bits per heavy atom. The van der Waals surface area contributed by atoms with Gasteiger partial charge >= 0.3 is 0 Å². The van der Waals surface area contributed by atoms with Crippen LogP contribution >= 0.6 is 0 Å². The second-order valence-electron chi connectivity index (χ2n) is 9.73. The van der Waals surface area contributed by atoms with Crippen molar-refractivity contribution in [3.8, 4) is 0 Å². The third kappa shape index (κ3) is 7.02. The maximum absolute atomic E-state index is 14.0. The molecule has 1 aromatic rings. The second kappa shape index (κ2) is 11.3. The van der Waals surface area contributed by atoms with E-state index in [-0.39, 0.29) is 19.0 Å². The fourth-order valence-corrected chi connectivity index (χ4v) is 4.64. The Bertz CT molecular complexity index is 873. The molecule has 0 radical (unpaired) electrons. The Balaban J connectivity index is 1.78. The van der Waals surface area contributed by atoms with Crippen LogP contribution in [0.1, 0.15) is 50.4 Å². The molecular weight excluding hydrogens is 440 g/mol. The van der Waals surface area contributed by atoms with Crippen LogP contribution in [0.3, 0.4) is 0 Å². The summed E-state index contributed by atoms with van der Waals surface area (Å²) in [6.07, 6.45) is 5.16. The molecule has 5 N–H and O–H groups in total. The highest BCUT2D eigenvalue weighted by Crippen LogP contribution is 2.34. The smallest absolute Gasteiger partial charge is 0.265 e. The first kappa shape index (κ1) is 26.2. The van der Waals surface area contributed by atoms with Crippen molar-refractivity contribution in [3.63, 3.8) is 0 Å². The Kier molecular flexibility index (Phi) is 8.70. The number of aromatic nitrogens is 1. The van der Waals surface area contributed by atoms with Crippen molar-refractivity contribution >= 4 is 17.8 Å². The van der Waals surface area contributed by atoms with Crippen molar-refractivity contribution in [3.05, 3.63) is 29.2 Å². The molecule has 0 spiro atoms. The lowest BCUT2D eigenvalue weighted by molar-refractivity contribution is -0.110. The Hall–Kier alpha value is -2.46. The van der Waals surface area contributed by atoms with Gasteiger partial charge in [0.05, 0.1) is 35.0 Å². The molecule has 1 amide bonds. The van der Waals surface area contributed by atoms with Crippen molar-refractivity contribution in [1.29, 1.82) is 0 Å². The molecule has 2 fully saturated rings. The zero-order chi connectivity index (χ0) is 24.9. The molecule has 1 saturated heterocycles. The number of amides is 1. The summed E-state index contributed by atoms with van der Waals surface area (Å²) >= 11 is 0. The lowest BCUT2D eigenvalue weighted by Crippen LogP contribution is -2.43. The zero-order valence-electron chi connectivity index (χ0n) is 20.6. The number of hydrogen-bond acceptors (Lipinski definition) is 7. The topological polar surface area (TPSA) is 104 Å². The molecule has 8 nitrogen and oxygen atoms in total. The first-order valence-electron chi connectivity index (χ1n) is 12.1. The zero-order valence-corrected chi connectivity index (χ0v) is 20.6. The fourth-order valence-electron chi connectivity index (χ4n) is 4.64. The molecule has 1 unspecified atom stereocenters. The number of nitrogens with zero attached hydrogens (tertiary/aromatic N) is 4. The first-order valence-corrected chi connectivity index (χ1v) is 12.1. The number of pyridine rings is 1. The van der Waals surface area contributed by atoms with E-state index in [4.69, 9.17) is 16.6 Å². The van der Waals surface area contributed by atoms with Gasteiger partial charge in [-0.3, -0.25) is 9.69 Å². The van der Waals surface area contributed by atoms with Gasteiger partial charge in [-0.2, -0.15) is 0 Å². The van der Waals surface area contributed by atoms with Crippen molar-refractivity contribution in [2.24, 2.45) is 17.5 Å². The number of hydrazine groups is 1. The number of carbonyl (C=O) groups excluding carboxylic acids is 1.